The van der Waals surface area contributed by atoms with Crippen LogP contribution in [-0.4, -0.2) is 46.0 Å². The number of nitrogens with zero attached hydrogens (tertiary/aromatic N) is 1. The Balaban J connectivity index is 2.76. The molecule has 0 saturated carbocycles. The normalized spacial score (nSPS) is 22.9. The van der Waals surface area contributed by atoms with Crippen LogP contribution < -0.4 is 0 Å². The van der Waals surface area contributed by atoms with Crippen LogP contribution in [0.25, 0.3) is 0 Å². The third-order valence-corrected chi connectivity index (χ3v) is 2.72. The first-order valence-electron chi connectivity index (χ1n) is 4.63. The maximum absolute atomic E-state index is 11.2. The number of amides is 1. The third-order valence-electron chi connectivity index (χ3n) is 2.72. The molecule has 6 nitrogen and oxygen atoms in total. The SMILES string of the molecule is CN1C(=O)CCC1C(CC(=O)O)C(=O)O. The number of hydrogen-bond donors (Lipinski definition) is 2. The number of likely N-dealkylation sites (tertiary alicyclic amines) is 1. The predicted octanol–water partition coefficient (Wildman–Crippen LogP) is -0.217. The van der Waals surface area contributed by atoms with E-state index in [-0.39, 0.29) is 5.91 Å². The van der Waals surface area contributed by atoms with Gasteiger partial charge in [-0.25, -0.2) is 0 Å². The molecule has 0 aromatic carbocycles. The van der Waals surface area contributed by atoms with Crippen molar-refractivity contribution in [1.29, 1.82) is 0 Å². The van der Waals surface area contributed by atoms with Crippen molar-refractivity contribution < 1.29 is 24.6 Å². The van der Waals surface area contributed by atoms with Gasteiger partial charge in [-0.3, -0.25) is 14.4 Å². The van der Waals surface area contributed by atoms with Gasteiger partial charge in [-0.2, -0.15) is 0 Å². The van der Waals surface area contributed by atoms with Gasteiger partial charge in [0.15, 0.2) is 0 Å². The average Bonchev–Trinajstić information content (AvgIpc) is 2.44. The molecule has 1 saturated heterocycles. The van der Waals surface area contributed by atoms with Gasteiger partial charge < -0.3 is 15.1 Å². The van der Waals surface area contributed by atoms with Crippen molar-refractivity contribution in [2.24, 2.45) is 5.92 Å². The van der Waals surface area contributed by atoms with Crippen LogP contribution in [0.15, 0.2) is 0 Å². The van der Waals surface area contributed by atoms with Gasteiger partial charge in [0, 0.05) is 19.5 Å². The van der Waals surface area contributed by atoms with E-state index < -0.39 is 30.3 Å². The highest BCUT2D eigenvalue weighted by atomic mass is 16.4. The number of carbonyl (C=O) groups excluding carboxylic acids is 1. The van der Waals surface area contributed by atoms with E-state index in [0.29, 0.717) is 12.8 Å². The van der Waals surface area contributed by atoms with Gasteiger partial charge in [-0.05, 0) is 6.42 Å². The highest BCUT2D eigenvalue weighted by Crippen LogP contribution is 2.25. The van der Waals surface area contributed by atoms with Gasteiger partial charge in [0.1, 0.15) is 0 Å². The molecule has 1 heterocycles. The molecule has 2 unspecified atom stereocenters. The van der Waals surface area contributed by atoms with Crippen LogP contribution in [0.1, 0.15) is 19.3 Å². The average molecular weight is 215 g/mol. The quantitative estimate of drug-likeness (QED) is 0.676. The van der Waals surface area contributed by atoms with E-state index in [9.17, 15) is 14.4 Å². The maximum Gasteiger partial charge on any atom is 0.309 e. The predicted molar refractivity (Wildman–Crippen MR) is 49.2 cm³/mol. The van der Waals surface area contributed by atoms with Gasteiger partial charge in [0.25, 0.3) is 0 Å². The molecule has 0 aromatic heterocycles. The number of rotatable bonds is 4. The molecule has 0 bridgehead atoms. The summed E-state index contributed by atoms with van der Waals surface area (Å²) >= 11 is 0. The Hall–Kier alpha value is -1.59. The van der Waals surface area contributed by atoms with E-state index in [1.807, 2.05) is 0 Å². The second-order valence-corrected chi connectivity index (χ2v) is 3.65. The Morgan fingerprint density at radius 1 is 1.53 bits per heavy atom. The molecule has 1 rings (SSSR count). The van der Waals surface area contributed by atoms with Crippen molar-refractivity contribution in [2.75, 3.05) is 7.05 Å². The largest absolute Gasteiger partial charge is 0.481 e. The lowest BCUT2D eigenvalue weighted by molar-refractivity contribution is -0.151. The molecule has 1 amide bonds. The lowest BCUT2D eigenvalue weighted by atomic mass is 9.94. The van der Waals surface area contributed by atoms with Crippen molar-refractivity contribution in [2.45, 2.75) is 25.3 Å². The van der Waals surface area contributed by atoms with Crippen molar-refractivity contribution >= 4 is 17.8 Å². The molecule has 2 N–H and O–H groups in total. The fraction of sp³-hybridized carbons (Fsp3) is 0.667. The summed E-state index contributed by atoms with van der Waals surface area (Å²) in [6.45, 7) is 0. The minimum Gasteiger partial charge on any atom is -0.481 e. The second-order valence-electron chi connectivity index (χ2n) is 3.65. The smallest absolute Gasteiger partial charge is 0.309 e. The molecule has 0 aliphatic carbocycles. The van der Waals surface area contributed by atoms with E-state index in [2.05, 4.69) is 0 Å². The third kappa shape index (κ3) is 2.45. The molecular weight excluding hydrogens is 202 g/mol. The minimum atomic E-state index is -1.16. The first-order chi connectivity index (χ1) is 6.93. The molecule has 1 aliphatic rings. The molecule has 84 valence electrons. The minimum absolute atomic E-state index is 0.128. The standard InChI is InChI=1S/C9H13NO5/c1-10-6(2-3-7(10)11)5(9(14)15)4-8(12)13/h5-6H,2-4H2,1H3,(H,12,13)(H,14,15). The first kappa shape index (κ1) is 11.5. The molecular formula is C9H13NO5. The van der Waals surface area contributed by atoms with Gasteiger partial charge in [-0.15, -0.1) is 0 Å². The summed E-state index contributed by atoms with van der Waals surface area (Å²) < 4.78 is 0. The van der Waals surface area contributed by atoms with E-state index in [4.69, 9.17) is 10.2 Å². The Bertz CT molecular complexity index is 301. The number of carboxylic acid groups (broad SMARTS) is 2. The Labute approximate surface area is 86.5 Å². The van der Waals surface area contributed by atoms with Crippen molar-refractivity contribution in [3.63, 3.8) is 0 Å². The highest BCUT2D eigenvalue weighted by molar-refractivity contribution is 5.82. The zero-order chi connectivity index (χ0) is 11.6. The fourth-order valence-electron chi connectivity index (χ4n) is 1.87. The van der Waals surface area contributed by atoms with Gasteiger partial charge in [-0.1, -0.05) is 0 Å². The molecule has 1 aliphatic heterocycles. The van der Waals surface area contributed by atoms with Crippen molar-refractivity contribution in [3.05, 3.63) is 0 Å². The lowest BCUT2D eigenvalue weighted by Gasteiger charge is -2.24. The monoisotopic (exact) mass is 215 g/mol. The molecule has 0 aromatic rings. The van der Waals surface area contributed by atoms with Crippen LogP contribution >= 0.6 is 0 Å². The summed E-state index contributed by atoms with van der Waals surface area (Å²) in [5.74, 6) is -3.46. The van der Waals surface area contributed by atoms with Gasteiger partial charge in [0.2, 0.25) is 5.91 Å². The summed E-state index contributed by atoms with van der Waals surface area (Å²) in [5.41, 5.74) is 0. The van der Waals surface area contributed by atoms with E-state index in [1.54, 1.807) is 0 Å². The van der Waals surface area contributed by atoms with Crippen molar-refractivity contribution in [1.82, 2.24) is 4.90 Å². The Morgan fingerprint density at radius 2 is 2.13 bits per heavy atom. The summed E-state index contributed by atoms with van der Waals surface area (Å²) in [6, 6.07) is -0.494. The highest BCUT2D eigenvalue weighted by Gasteiger charge is 2.38. The Morgan fingerprint density at radius 3 is 2.47 bits per heavy atom. The number of carbonyl (C=O) groups is 3. The molecule has 2 atom stereocenters. The van der Waals surface area contributed by atoms with Gasteiger partial charge in [0.05, 0.1) is 12.3 Å². The summed E-state index contributed by atoms with van der Waals surface area (Å²) in [4.78, 5) is 33.9. The zero-order valence-corrected chi connectivity index (χ0v) is 8.34. The molecule has 0 radical (unpaired) electrons. The molecule has 0 spiro atoms. The van der Waals surface area contributed by atoms with Crippen LogP contribution in [0.4, 0.5) is 0 Å². The van der Waals surface area contributed by atoms with E-state index >= 15 is 0 Å². The molecule has 15 heavy (non-hydrogen) atoms. The summed E-state index contributed by atoms with van der Waals surface area (Å²) in [5, 5.41) is 17.5. The zero-order valence-electron chi connectivity index (χ0n) is 8.34. The van der Waals surface area contributed by atoms with Crippen LogP contribution in [0.2, 0.25) is 0 Å². The Kier molecular flexibility index (Phi) is 3.28. The van der Waals surface area contributed by atoms with Crippen molar-refractivity contribution in [3.8, 4) is 0 Å². The number of carboxylic acids is 2. The molecule has 6 heteroatoms. The van der Waals surface area contributed by atoms with Crippen LogP contribution in [0.5, 0.6) is 0 Å². The first-order valence-corrected chi connectivity index (χ1v) is 4.63. The topological polar surface area (TPSA) is 94.9 Å². The van der Waals surface area contributed by atoms with E-state index in [0.717, 1.165) is 0 Å². The summed E-state index contributed by atoms with van der Waals surface area (Å²) in [6.07, 6.45) is 0.266. The number of aliphatic carboxylic acids is 2. The lowest BCUT2D eigenvalue weighted by Crippen LogP contribution is -2.39. The summed E-state index contributed by atoms with van der Waals surface area (Å²) in [7, 11) is 1.51. The van der Waals surface area contributed by atoms with Crippen LogP contribution in [-0.2, 0) is 14.4 Å². The second kappa shape index (κ2) is 4.29. The van der Waals surface area contributed by atoms with Gasteiger partial charge >= 0.3 is 11.9 Å². The number of hydrogen-bond acceptors (Lipinski definition) is 3. The van der Waals surface area contributed by atoms with Crippen LogP contribution in [0.3, 0.4) is 0 Å². The van der Waals surface area contributed by atoms with E-state index in [1.165, 1.54) is 11.9 Å². The maximum atomic E-state index is 11.2. The van der Waals surface area contributed by atoms with Crippen LogP contribution in [0, 0.1) is 5.92 Å². The fourth-order valence-corrected chi connectivity index (χ4v) is 1.87. The molecule has 1 fully saturated rings.